The van der Waals surface area contributed by atoms with Crippen LogP contribution >= 0.6 is 0 Å². The molecular weight excluding hydrogens is 268 g/mol. The van der Waals surface area contributed by atoms with Gasteiger partial charge in [0.2, 0.25) is 0 Å². The summed E-state index contributed by atoms with van der Waals surface area (Å²) in [5.74, 6) is 0.828. The second-order valence-corrected chi connectivity index (χ2v) is 4.58. The number of hydrogen-bond donors (Lipinski definition) is 0. The maximum Gasteiger partial charge on any atom is 0.315 e. The molecule has 0 aliphatic carbocycles. The smallest absolute Gasteiger partial charge is 0.315 e. The van der Waals surface area contributed by atoms with Gasteiger partial charge < -0.3 is 9.47 Å². The Kier molecular flexibility index (Phi) is 4.72. The summed E-state index contributed by atoms with van der Waals surface area (Å²) in [6.45, 7) is 1.51. The van der Waals surface area contributed by atoms with Gasteiger partial charge in [0.15, 0.2) is 5.78 Å². The number of rotatable bonds is 5. The van der Waals surface area contributed by atoms with Crippen LogP contribution in [0.3, 0.4) is 0 Å². The summed E-state index contributed by atoms with van der Waals surface area (Å²) in [6, 6.07) is 13.7. The van der Waals surface area contributed by atoms with Crippen molar-refractivity contribution in [2.24, 2.45) is 0 Å². The standard InChI is InChI=1S/C17H16O4/c1-12(18)14-5-3-13(4-6-14)11-17(19)21-16-9-7-15(20-2)8-10-16/h3-10H,11H2,1-2H3. The molecule has 0 atom stereocenters. The molecule has 0 spiro atoms. The molecule has 2 aromatic carbocycles. The van der Waals surface area contributed by atoms with E-state index in [9.17, 15) is 9.59 Å². The predicted molar refractivity (Wildman–Crippen MR) is 78.8 cm³/mol. The lowest BCUT2D eigenvalue weighted by molar-refractivity contribution is -0.133. The van der Waals surface area contributed by atoms with E-state index in [1.165, 1.54) is 6.92 Å². The Labute approximate surface area is 123 Å². The second-order valence-electron chi connectivity index (χ2n) is 4.58. The maximum atomic E-state index is 11.8. The molecule has 0 saturated heterocycles. The topological polar surface area (TPSA) is 52.6 Å². The first kappa shape index (κ1) is 14.8. The van der Waals surface area contributed by atoms with Crippen LogP contribution in [0.1, 0.15) is 22.8 Å². The van der Waals surface area contributed by atoms with Gasteiger partial charge in [-0.1, -0.05) is 24.3 Å². The number of carbonyl (C=O) groups excluding carboxylic acids is 2. The van der Waals surface area contributed by atoms with Crippen LogP contribution in [0, 0.1) is 0 Å². The zero-order chi connectivity index (χ0) is 15.2. The van der Waals surface area contributed by atoms with Crippen molar-refractivity contribution in [3.63, 3.8) is 0 Å². The van der Waals surface area contributed by atoms with Crippen molar-refractivity contribution in [2.45, 2.75) is 13.3 Å². The minimum absolute atomic E-state index is 0.00218. The van der Waals surface area contributed by atoms with Crippen molar-refractivity contribution in [1.29, 1.82) is 0 Å². The van der Waals surface area contributed by atoms with Crippen molar-refractivity contribution in [3.8, 4) is 11.5 Å². The number of Topliss-reactive ketones (excluding diaryl/α,β-unsaturated/α-hetero) is 1. The molecule has 2 aromatic rings. The van der Waals surface area contributed by atoms with Crippen LogP contribution in [-0.4, -0.2) is 18.9 Å². The highest BCUT2D eigenvalue weighted by Crippen LogP contribution is 2.17. The maximum absolute atomic E-state index is 11.8. The molecule has 2 rings (SSSR count). The zero-order valence-electron chi connectivity index (χ0n) is 12.0. The molecule has 4 nitrogen and oxygen atoms in total. The van der Waals surface area contributed by atoms with Gasteiger partial charge in [0.1, 0.15) is 11.5 Å². The van der Waals surface area contributed by atoms with E-state index in [0.29, 0.717) is 17.1 Å². The van der Waals surface area contributed by atoms with E-state index < -0.39 is 0 Å². The van der Waals surface area contributed by atoms with Gasteiger partial charge in [-0.15, -0.1) is 0 Å². The van der Waals surface area contributed by atoms with Gasteiger partial charge in [0, 0.05) is 5.56 Å². The van der Waals surface area contributed by atoms with Crippen LogP contribution < -0.4 is 9.47 Å². The van der Waals surface area contributed by atoms with Crippen molar-refractivity contribution in [2.75, 3.05) is 7.11 Å². The molecule has 4 heteroatoms. The average Bonchev–Trinajstić information content (AvgIpc) is 2.48. The van der Waals surface area contributed by atoms with Crippen LogP contribution in [0.2, 0.25) is 0 Å². The van der Waals surface area contributed by atoms with Gasteiger partial charge in [-0.05, 0) is 36.8 Å². The molecule has 0 heterocycles. The summed E-state index contributed by atoms with van der Waals surface area (Å²) in [6.07, 6.45) is 0.157. The van der Waals surface area contributed by atoms with Crippen molar-refractivity contribution >= 4 is 11.8 Å². The van der Waals surface area contributed by atoms with Gasteiger partial charge in [-0.3, -0.25) is 9.59 Å². The van der Waals surface area contributed by atoms with Gasteiger partial charge in [0.25, 0.3) is 0 Å². The zero-order valence-corrected chi connectivity index (χ0v) is 12.0. The van der Waals surface area contributed by atoms with E-state index in [1.54, 1.807) is 55.6 Å². The summed E-state index contributed by atoms with van der Waals surface area (Å²) in [4.78, 5) is 23.0. The van der Waals surface area contributed by atoms with Crippen LogP contribution in [-0.2, 0) is 11.2 Å². The van der Waals surface area contributed by atoms with Crippen LogP contribution in [0.25, 0.3) is 0 Å². The minimum atomic E-state index is -0.351. The number of ketones is 1. The Hall–Kier alpha value is -2.62. The SMILES string of the molecule is COc1ccc(OC(=O)Cc2ccc(C(C)=O)cc2)cc1. The van der Waals surface area contributed by atoms with Crippen molar-refractivity contribution in [1.82, 2.24) is 0 Å². The molecule has 0 aliphatic rings. The molecule has 0 aliphatic heterocycles. The van der Waals surface area contributed by atoms with Crippen molar-refractivity contribution in [3.05, 3.63) is 59.7 Å². The molecule has 0 aromatic heterocycles. The Bertz CT molecular complexity index is 627. The second kappa shape index (κ2) is 6.70. The third kappa shape index (κ3) is 4.18. The Morgan fingerprint density at radius 2 is 1.48 bits per heavy atom. The third-order valence-corrected chi connectivity index (χ3v) is 3.00. The average molecular weight is 284 g/mol. The molecule has 108 valence electrons. The van der Waals surface area contributed by atoms with E-state index in [4.69, 9.17) is 9.47 Å². The van der Waals surface area contributed by atoms with Crippen LogP contribution in [0.4, 0.5) is 0 Å². The monoisotopic (exact) mass is 284 g/mol. The number of hydrogen-bond acceptors (Lipinski definition) is 4. The fourth-order valence-corrected chi connectivity index (χ4v) is 1.84. The van der Waals surface area contributed by atoms with Gasteiger partial charge in [-0.25, -0.2) is 0 Å². The first-order valence-corrected chi connectivity index (χ1v) is 6.53. The number of carbonyl (C=O) groups is 2. The molecule has 0 unspecified atom stereocenters. The highest BCUT2D eigenvalue weighted by atomic mass is 16.5. The number of methoxy groups -OCH3 is 1. The molecule has 0 N–H and O–H groups in total. The molecule has 0 amide bonds. The highest BCUT2D eigenvalue weighted by molar-refractivity contribution is 5.94. The minimum Gasteiger partial charge on any atom is -0.497 e. The number of ether oxygens (including phenoxy) is 2. The molecular formula is C17H16O4. The van der Waals surface area contributed by atoms with Gasteiger partial charge in [0.05, 0.1) is 13.5 Å². The molecule has 0 fully saturated rings. The summed E-state index contributed by atoms with van der Waals surface area (Å²) in [5.41, 5.74) is 1.43. The van der Waals surface area contributed by atoms with E-state index in [0.717, 1.165) is 5.56 Å². The summed E-state index contributed by atoms with van der Waals surface area (Å²) >= 11 is 0. The molecule has 21 heavy (non-hydrogen) atoms. The van der Waals surface area contributed by atoms with E-state index >= 15 is 0 Å². The normalized spacial score (nSPS) is 10.0. The molecule has 0 bridgehead atoms. The largest absolute Gasteiger partial charge is 0.497 e. The van der Waals surface area contributed by atoms with E-state index in [1.807, 2.05) is 0 Å². The van der Waals surface area contributed by atoms with E-state index in [2.05, 4.69) is 0 Å². The van der Waals surface area contributed by atoms with Gasteiger partial charge in [-0.2, -0.15) is 0 Å². The fraction of sp³-hybridized carbons (Fsp3) is 0.176. The van der Waals surface area contributed by atoms with Crippen LogP contribution in [0.5, 0.6) is 11.5 Å². The highest BCUT2D eigenvalue weighted by Gasteiger charge is 2.07. The van der Waals surface area contributed by atoms with Crippen molar-refractivity contribution < 1.29 is 19.1 Å². The number of esters is 1. The number of benzene rings is 2. The summed E-state index contributed by atoms with van der Waals surface area (Å²) < 4.78 is 10.3. The Morgan fingerprint density at radius 1 is 0.905 bits per heavy atom. The Balaban J connectivity index is 1.95. The molecule has 0 saturated carbocycles. The lowest BCUT2D eigenvalue weighted by Crippen LogP contribution is -2.11. The third-order valence-electron chi connectivity index (χ3n) is 3.00. The lowest BCUT2D eigenvalue weighted by Gasteiger charge is -2.06. The summed E-state index contributed by atoms with van der Waals surface area (Å²) in [7, 11) is 1.58. The predicted octanol–water partition coefficient (Wildman–Crippen LogP) is 3.05. The quantitative estimate of drug-likeness (QED) is 0.481. The molecule has 0 radical (unpaired) electrons. The first-order chi connectivity index (χ1) is 10.1. The van der Waals surface area contributed by atoms with E-state index in [-0.39, 0.29) is 18.2 Å². The fourth-order valence-electron chi connectivity index (χ4n) is 1.84. The first-order valence-electron chi connectivity index (χ1n) is 6.53. The Morgan fingerprint density at radius 3 is 2.00 bits per heavy atom. The summed E-state index contributed by atoms with van der Waals surface area (Å²) in [5, 5.41) is 0. The van der Waals surface area contributed by atoms with Gasteiger partial charge >= 0.3 is 5.97 Å². The van der Waals surface area contributed by atoms with Crippen LogP contribution in [0.15, 0.2) is 48.5 Å². The lowest BCUT2D eigenvalue weighted by atomic mass is 10.1.